The van der Waals surface area contributed by atoms with Crippen molar-refractivity contribution in [1.82, 2.24) is 9.30 Å². The number of amidine groups is 1. The van der Waals surface area contributed by atoms with Crippen LogP contribution in [-0.2, 0) is 9.57 Å². The van der Waals surface area contributed by atoms with Crippen LogP contribution in [0.5, 0.6) is 0 Å². The van der Waals surface area contributed by atoms with Crippen LogP contribution in [-0.4, -0.2) is 48.3 Å². The molecule has 0 unspecified atom stereocenters. The van der Waals surface area contributed by atoms with Gasteiger partial charge in [0, 0.05) is 13.2 Å². The Hall–Kier alpha value is -3.16. The lowest BCUT2D eigenvalue weighted by atomic mass is 10.0. The second kappa shape index (κ2) is 5.24. The first kappa shape index (κ1) is 14.8. The van der Waals surface area contributed by atoms with E-state index in [0.29, 0.717) is 5.52 Å². The molecule has 0 aromatic carbocycles. The number of carbonyl (C=O) groups excluding carboxylic acids is 2. The summed E-state index contributed by atoms with van der Waals surface area (Å²) in [5, 5.41) is 12.2. The molecule has 8 nitrogen and oxygen atoms in total. The predicted molar refractivity (Wildman–Crippen MR) is 80.2 cm³/mol. The van der Waals surface area contributed by atoms with E-state index in [-0.39, 0.29) is 28.0 Å². The highest BCUT2D eigenvalue weighted by Crippen LogP contribution is 2.26. The van der Waals surface area contributed by atoms with Crippen molar-refractivity contribution in [2.24, 2.45) is 5.16 Å². The van der Waals surface area contributed by atoms with Crippen molar-refractivity contribution < 1.29 is 19.2 Å². The predicted octanol–water partition coefficient (Wildman–Crippen LogP) is 0.599. The number of pyridine rings is 2. The summed E-state index contributed by atoms with van der Waals surface area (Å²) in [5.74, 6) is -0.901. The number of hydrogen-bond donors (Lipinski definition) is 1. The number of esters is 1. The molecule has 1 amide bonds. The van der Waals surface area contributed by atoms with E-state index in [4.69, 9.17) is 15.0 Å². The zero-order valence-corrected chi connectivity index (χ0v) is 12.8. The molecular formula is C15H14N4O4. The summed E-state index contributed by atoms with van der Waals surface area (Å²) in [4.78, 5) is 30.9. The highest BCUT2D eigenvalue weighted by atomic mass is 16.6. The average Bonchev–Trinajstić information content (AvgIpc) is 2.81. The zero-order valence-electron chi connectivity index (χ0n) is 12.8. The van der Waals surface area contributed by atoms with Crippen LogP contribution in [0, 0.1) is 5.41 Å². The maximum Gasteiger partial charge on any atom is 0.340 e. The summed E-state index contributed by atoms with van der Waals surface area (Å²) in [5.41, 5.74) is 0.910. The van der Waals surface area contributed by atoms with Gasteiger partial charge in [-0.1, -0.05) is 11.2 Å². The van der Waals surface area contributed by atoms with Gasteiger partial charge in [-0.3, -0.25) is 15.1 Å². The standard InChI is InChI=1S/C15H14N4O4/c1-18-13(17-23-3)11-10(14(18)20)9(15(21)22-2)8-6-4-5-7-19(8)12(11)16/h4-7,16H,1-3H3/b16-12?,17-13-. The van der Waals surface area contributed by atoms with Gasteiger partial charge in [-0.2, -0.15) is 0 Å². The van der Waals surface area contributed by atoms with Crippen LogP contribution >= 0.6 is 0 Å². The lowest BCUT2D eigenvalue weighted by Gasteiger charge is -2.11. The molecule has 0 atom stereocenters. The third-order valence-electron chi connectivity index (χ3n) is 3.72. The van der Waals surface area contributed by atoms with Crippen molar-refractivity contribution in [3.63, 3.8) is 0 Å². The topological polar surface area (TPSA) is 96.5 Å². The lowest BCUT2D eigenvalue weighted by molar-refractivity contribution is 0.0597. The zero-order chi connectivity index (χ0) is 16.7. The van der Waals surface area contributed by atoms with E-state index in [1.54, 1.807) is 24.4 Å². The molecular weight excluding hydrogens is 300 g/mol. The van der Waals surface area contributed by atoms with Gasteiger partial charge in [-0.15, -0.1) is 0 Å². The quantitative estimate of drug-likeness (QED) is 0.648. The summed E-state index contributed by atoms with van der Waals surface area (Å²) in [6, 6.07) is 5.11. The number of carbonyl (C=O) groups is 2. The highest BCUT2D eigenvalue weighted by Gasteiger charge is 2.39. The molecule has 2 aromatic heterocycles. The molecule has 3 rings (SSSR count). The molecule has 0 radical (unpaired) electrons. The Labute approximate surface area is 131 Å². The van der Waals surface area contributed by atoms with Crippen LogP contribution in [0.2, 0.25) is 0 Å². The molecule has 0 spiro atoms. The van der Waals surface area contributed by atoms with Crippen LogP contribution < -0.4 is 5.49 Å². The Balaban J connectivity index is 2.56. The third kappa shape index (κ3) is 1.91. The smallest absolute Gasteiger partial charge is 0.340 e. The van der Waals surface area contributed by atoms with Crippen molar-refractivity contribution in [3.05, 3.63) is 46.6 Å². The number of methoxy groups -OCH3 is 1. The number of aromatic nitrogens is 1. The Kier molecular flexibility index (Phi) is 3.36. The summed E-state index contributed by atoms with van der Waals surface area (Å²) in [6.45, 7) is 0. The van der Waals surface area contributed by atoms with Gasteiger partial charge in [0.15, 0.2) is 5.84 Å². The van der Waals surface area contributed by atoms with Gasteiger partial charge in [-0.05, 0) is 12.1 Å². The van der Waals surface area contributed by atoms with Gasteiger partial charge >= 0.3 is 5.97 Å². The van der Waals surface area contributed by atoms with E-state index < -0.39 is 11.9 Å². The first-order chi connectivity index (χ1) is 11.0. The van der Waals surface area contributed by atoms with Crippen LogP contribution in [0.15, 0.2) is 29.6 Å². The van der Waals surface area contributed by atoms with Crippen molar-refractivity contribution in [1.29, 1.82) is 5.41 Å². The minimum atomic E-state index is -0.648. The van der Waals surface area contributed by atoms with Gasteiger partial charge in [0.05, 0.1) is 29.3 Å². The number of rotatable bonds is 2. The van der Waals surface area contributed by atoms with E-state index >= 15 is 0 Å². The number of fused-ring (bicyclic) bond motifs is 2. The fraction of sp³-hybridized carbons (Fsp3) is 0.200. The van der Waals surface area contributed by atoms with Gasteiger partial charge in [0.1, 0.15) is 12.6 Å². The number of ether oxygens (including phenoxy) is 1. The molecule has 0 aliphatic carbocycles. The molecule has 8 heteroatoms. The first-order valence-electron chi connectivity index (χ1n) is 6.72. The maximum absolute atomic E-state index is 12.6. The van der Waals surface area contributed by atoms with Crippen molar-refractivity contribution in [3.8, 4) is 0 Å². The Morgan fingerprint density at radius 1 is 1.26 bits per heavy atom. The number of nitrogens with one attached hydrogen (secondary N) is 1. The fourth-order valence-electron chi connectivity index (χ4n) is 2.70. The molecule has 0 fully saturated rings. The maximum atomic E-state index is 12.6. The molecule has 2 aromatic rings. The van der Waals surface area contributed by atoms with E-state index in [9.17, 15) is 9.59 Å². The van der Waals surface area contributed by atoms with Crippen molar-refractivity contribution >= 4 is 23.2 Å². The summed E-state index contributed by atoms with van der Waals surface area (Å²) >= 11 is 0. The molecule has 0 bridgehead atoms. The summed E-state index contributed by atoms with van der Waals surface area (Å²) in [7, 11) is 4.11. The van der Waals surface area contributed by atoms with Gasteiger partial charge in [0.25, 0.3) is 5.91 Å². The summed E-state index contributed by atoms with van der Waals surface area (Å²) in [6.07, 6.45) is 1.64. The molecule has 0 saturated carbocycles. The van der Waals surface area contributed by atoms with E-state index in [2.05, 4.69) is 5.16 Å². The normalized spacial score (nSPS) is 15.2. The molecule has 23 heavy (non-hydrogen) atoms. The minimum absolute atomic E-state index is 0.0387. The number of amides is 1. The first-order valence-corrected chi connectivity index (χ1v) is 6.72. The monoisotopic (exact) mass is 314 g/mol. The minimum Gasteiger partial charge on any atom is -0.465 e. The largest absolute Gasteiger partial charge is 0.465 e. The van der Waals surface area contributed by atoms with Crippen LogP contribution in [0.25, 0.3) is 5.52 Å². The van der Waals surface area contributed by atoms with Gasteiger partial charge in [-0.25, -0.2) is 4.79 Å². The number of nitrogens with zero attached hydrogens (tertiary/aromatic N) is 3. The van der Waals surface area contributed by atoms with E-state index in [1.807, 2.05) is 0 Å². The van der Waals surface area contributed by atoms with Crippen LogP contribution in [0.1, 0.15) is 26.3 Å². The van der Waals surface area contributed by atoms with Gasteiger partial charge in [0.2, 0.25) is 0 Å². The molecule has 1 N–H and O–H groups in total. The SMILES string of the molecule is CO/N=C1/c2c(c(C(=O)OC)c3ccccn3c2=N)C(=O)N1C. The Bertz CT molecular complexity index is 929. The average molecular weight is 314 g/mol. The number of hydrogen-bond acceptors (Lipinski definition) is 6. The fourth-order valence-corrected chi connectivity index (χ4v) is 2.70. The van der Waals surface area contributed by atoms with Crippen molar-refractivity contribution in [2.75, 3.05) is 21.3 Å². The molecule has 118 valence electrons. The van der Waals surface area contributed by atoms with Gasteiger partial charge < -0.3 is 14.0 Å². The summed E-state index contributed by atoms with van der Waals surface area (Å²) < 4.78 is 6.34. The van der Waals surface area contributed by atoms with E-state index in [0.717, 1.165) is 0 Å². The van der Waals surface area contributed by atoms with Crippen molar-refractivity contribution in [2.45, 2.75) is 0 Å². The molecule has 0 saturated heterocycles. The lowest BCUT2D eigenvalue weighted by Crippen LogP contribution is -2.28. The molecule has 3 heterocycles. The van der Waals surface area contributed by atoms with Crippen LogP contribution in [0.3, 0.4) is 0 Å². The number of oxime groups is 1. The Morgan fingerprint density at radius 3 is 2.65 bits per heavy atom. The second-order valence-electron chi connectivity index (χ2n) is 4.88. The third-order valence-corrected chi connectivity index (χ3v) is 3.72. The molecule has 1 aliphatic heterocycles. The second-order valence-corrected chi connectivity index (χ2v) is 4.88. The molecule has 1 aliphatic rings. The highest BCUT2D eigenvalue weighted by molar-refractivity contribution is 6.26. The Morgan fingerprint density at radius 2 is 2.00 bits per heavy atom. The van der Waals surface area contributed by atoms with Crippen LogP contribution in [0.4, 0.5) is 0 Å². The van der Waals surface area contributed by atoms with E-state index in [1.165, 1.54) is 30.6 Å².